The smallest absolute Gasteiger partial charge is 0.242 e. The minimum atomic E-state index is -0.0780. The summed E-state index contributed by atoms with van der Waals surface area (Å²) >= 11 is 11.8. The molecule has 0 aliphatic rings. The molecule has 3 aromatic rings. The van der Waals surface area contributed by atoms with E-state index >= 15 is 0 Å². The fourth-order valence-electron chi connectivity index (χ4n) is 2.47. The lowest BCUT2D eigenvalue weighted by atomic mass is 10.1. The minimum absolute atomic E-state index is 0.0780. The van der Waals surface area contributed by atoms with Crippen LogP contribution >= 0.6 is 35.6 Å². The summed E-state index contributed by atoms with van der Waals surface area (Å²) < 4.78 is 6.63. The number of hydrogen-bond donors (Lipinski definition) is 1. The van der Waals surface area contributed by atoms with Crippen molar-refractivity contribution in [2.24, 2.45) is 0 Å². The average molecular weight is 387 g/mol. The first-order chi connectivity index (χ1) is 12.0. The van der Waals surface area contributed by atoms with Crippen molar-refractivity contribution in [2.75, 3.05) is 6.61 Å². The van der Waals surface area contributed by atoms with Crippen molar-refractivity contribution in [3.05, 3.63) is 80.5 Å². The Kier molecular flexibility index (Phi) is 5.36. The zero-order valence-electron chi connectivity index (χ0n) is 13.5. The molecule has 0 N–H and O–H groups in total. The van der Waals surface area contributed by atoms with Gasteiger partial charge >= 0.3 is 0 Å². The molecule has 3 rings (SSSR count). The van der Waals surface area contributed by atoms with Gasteiger partial charge in [-0.15, -0.1) is 18.4 Å². The maximum Gasteiger partial charge on any atom is 0.242 e. The number of aryl methyl sites for hydroxylation is 1. The van der Waals surface area contributed by atoms with Crippen molar-refractivity contribution < 1.29 is 4.74 Å². The molecule has 1 heterocycles. The van der Waals surface area contributed by atoms with Crippen molar-refractivity contribution in [3.63, 3.8) is 0 Å². The van der Waals surface area contributed by atoms with E-state index in [-0.39, 0.29) is 11.3 Å². The van der Waals surface area contributed by atoms with Crippen molar-refractivity contribution in [1.29, 1.82) is 0 Å². The van der Waals surface area contributed by atoms with Crippen LogP contribution in [-0.4, -0.2) is 6.61 Å². The van der Waals surface area contributed by atoms with Gasteiger partial charge in [-0.1, -0.05) is 47.7 Å². The van der Waals surface area contributed by atoms with Crippen LogP contribution in [0.5, 0.6) is 5.75 Å². The SMILES string of the molecule is C=C=C(COc1ccc(Cl)c(C)c1)c1c(S)c2ccccc2sc1=O. The largest absolute Gasteiger partial charge is 0.488 e. The van der Waals surface area contributed by atoms with Crippen LogP contribution in [0.2, 0.25) is 5.02 Å². The van der Waals surface area contributed by atoms with Gasteiger partial charge in [-0.05, 0) is 36.8 Å². The highest BCUT2D eigenvalue weighted by Crippen LogP contribution is 2.30. The molecular weight excluding hydrogens is 372 g/mol. The second-order valence-electron chi connectivity index (χ2n) is 5.46. The third kappa shape index (κ3) is 3.68. The lowest BCUT2D eigenvalue weighted by Crippen LogP contribution is -2.10. The molecular formula is C20H15ClO2S2. The van der Waals surface area contributed by atoms with Gasteiger partial charge in [-0.25, -0.2) is 0 Å². The summed E-state index contributed by atoms with van der Waals surface area (Å²) in [7, 11) is 0. The molecule has 25 heavy (non-hydrogen) atoms. The first-order valence-electron chi connectivity index (χ1n) is 7.54. The van der Waals surface area contributed by atoms with E-state index in [9.17, 15) is 4.79 Å². The second kappa shape index (κ2) is 7.51. The molecule has 0 aliphatic heterocycles. The van der Waals surface area contributed by atoms with Crippen LogP contribution < -0.4 is 9.48 Å². The summed E-state index contributed by atoms with van der Waals surface area (Å²) in [6.07, 6.45) is 0. The van der Waals surface area contributed by atoms with Gasteiger partial charge < -0.3 is 4.74 Å². The summed E-state index contributed by atoms with van der Waals surface area (Å²) in [6, 6.07) is 13.1. The maximum absolute atomic E-state index is 12.6. The van der Waals surface area contributed by atoms with Gasteiger partial charge in [0.2, 0.25) is 4.74 Å². The van der Waals surface area contributed by atoms with Crippen LogP contribution in [0.25, 0.3) is 15.7 Å². The average Bonchev–Trinajstić information content (AvgIpc) is 2.60. The highest BCUT2D eigenvalue weighted by atomic mass is 35.5. The van der Waals surface area contributed by atoms with E-state index in [1.165, 1.54) is 11.3 Å². The van der Waals surface area contributed by atoms with Crippen molar-refractivity contribution in [3.8, 4) is 5.75 Å². The molecule has 0 saturated carbocycles. The third-order valence-electron chi connectivity index (χ3n) is 3.81. The molecule has 0 fully saturated rings. The molecule has 0 unspecified atom stereocenters. The van der Waals surface area contributed by atoms with Crippen LogP contribution in [0.15, 0.2) is 64.5 Å². The van der Waals surface area contributed by atoms with Gasteiger partial charge in [0.25, 0.3) is 0 Å². The third-order valence-corrected chi connectivity index (χ3v) is 5.67. The standard InChI is InChI=1S/C20H15ClO2S2/c1-3-13(11-23-14-8-9-16(21)12(2)10-14)18-19(24)15-6-4-5-7-17(15)25-20(18)22/h4-10,24H,1,11H2,2H3. The van der Waals surface area contributed by atoms with E-state index in [1.807, 2.05) is 37.3 Å². The number of ether oxygens (including phenoxy) is 1. The first-order valence-corrected chi connectivity index (χ1v) is 9.18. The number of hydrogen-bond acceptors (Lipinski definition) is 4. The zero-order chi connectivity index (χ0) is 18.0. The Hall–Kier alpha value is -1.97. The summed E-state index contributed by atoms with van der Waals surface area (Å²) in [4.78, 5) is 13.2. The number of thiol groups is 1. The molecule has 5 heteroatoms. The summed E-state index contributed by atoms with van der Waals surface area (Å²) in [6.45, 7) is 5.80. The Bertz CT molecular complexity index is 1060. The van der Waals surface area contributed by atoms with E-state index in [2.05, 4.69) is 24.9 Å². The number of benzene rings is 2. The highest BCUT2D eigenvalue weighted by molar-refractivity contribution is 7.80. The van der Waals surface area contributed by atoms with Gasteiger partial charge in [0.05, 0.1) is 5.56 Å². The fourth-order valence-corrected chi connectivity index (χ4v) is 4.13. The van der Waals surface area contributed by atoms with E-state index in [4.69, 9.17) is 16.3 Å². The topological polar surface area (TPSA) is 26.3 Å². The van der Waals surface area contributed by atoms with Crippen LogP contribution in [0.1, 0.15) is 11.1 Å². The van der Waals surface area contributed by atoms with Gasteiger partial charge in [0, 0.05) is 25.6 Å². The summed E-state index contributed by atoms with van der Waals surface area (Å²) in [5, 5.41) is 1.61. The van der Waals surface area contributed by atoms with Crippen molar-refractivity contribution >= 4 is 51.2 Å². The normalized spacial score (nSPS) is 10.5. The van der Waals surface area contributed by atoms with Crippen LogP contribution in [-0.2, 0) is 0 Å². The molecule has 126 valence electrons. The highest BCUT2D eigenvalue weighted by Gasteiger charge is 2.15. The van der Waals surface area contributed by atoms with Gasteiger partial charge in [0.15, 0.2) is 0 Å². The molecule has 2 nitrogen and oxygen atoms in total. The van der Waals surface area contributed by atoms with Gasteiger partial charge in [-0.2, -0.15) is 0 Å². The van der Waals surface area contributed by atoms with Crippen molar-refractivity contribution in [1.82, 2.24) is 0 Å². The summed E-state index contributed by atoms with van der Waals surface area (Å²) in [5.74, 6) is 0.673. The quantitative estimate of drug-likeness (QED) is 0.455. The monoisotopic (exact) mass is 386 g/mol. The van der Waals surface area contributed by atoms with Crippen LogP contribution in [0.3, 0.4) is 0 Å². The maximum atomic E-state index is 12.6. The molecule has 0 amide bonds. The molecule has 0 atom stereocenters. The fraction of sp³-hybridized carbons (Fsp3) is 0.100. The Balaban J connectivity index is 1.96. The molecule has 0 bridgehead atoms. The lowest BCUT2D eigenvalue weighted by Gasteiger charge is -2.12. The second-order valence-corrected chi connectivity index (χ2v) is 7.33. The van der Waals surface area contributed by atoms with Gasteiger partial charge in [-0.3, -0.25) is 4.79 Å². The van der Waals surface area contributed by atoms with Crippen LogP contribution in [0.4, 0.5) is 0 Å². The Morgan fingerprint density at radius 3 is 2.80 bits per heavy atom. The first kappa shape index (κ1) is 17.8. The Labute approximate surface area is 160 Å². The Morgan fingerprint density at radius 2 is 2.08 bits per heavy atom. The lowest BCUT2D eigenvalue weighted by molar-refractivity contribution is 0.369. The van der Waals surface area contributed by atoms with Gasteiger partial charge in [0.1, 0.15) is 12.4 Å². The van der Waals surface area contributed by atoms with E-state index in [1.54, 1.807) is 12.1 Å². The number of rotatable bonds is 4. The molecule has 1 aromatic heterocycles. The van der Waals surface area contributed by atoms with Crippen molar-refractivity contribution in [2.45, 2.75) is 11.8 Å². The summed E-state index contributed by atoms with van der Waals surface area (Å²) in [5.41, 5.74) is 4.84. The molecule has 0 saturated heterocycles. The van der Waals surface area contributed by atoms with Crippen LogP contribution in [0, 0.1) is 6.92 Å². The Morgan fingerprint density at radius 1 is 1.32 bits per heavy atom. The zero-order valence-corrected chi connectivity index (χ0v) is 16.0. The van der Waals surface area contributed by atoms with E-state index in [0.717, 1.165) is 15.6 Å². The molecule has 0 aliphatic carbocycles. The number of fused-ring (bicyclic) bond motifs is 1. The number of halogens is 1. The van der Waals surface area contributed by atoms with E-state index < -0.39 is 0 Å². The molecule has 0 spiro atoms. The molecule has 0 radical (unpaired) electrons. The minimum Gasteiger partial charge on any atom is -0.488 e. The predicted molar refractivity (Wildman–Crippen MR) is 110 cm³/mol. The van der Waals surface area contributed by atoms with E-state index in [0.29, 0.717) is 26.8 Å². The molecule has 2 aromatic carbocycles. The predicted octanol–water partition coefficient (Wildman–Crippen LogP) is 5.76.